The monoisotopic (exact) mass is 199 g/mol. The van der Waals surface area contributed by atoms with Crippen molar-refractivity contribution in [2.45, 2.75) is 0 Å². The second-order valence-electron chi connectivity index (χ2n) is 2.75. The highest BCUT2D eigenvalue weighted by Gasteiger charge is 2.03. The van der Waals surface area contributed by atoms with Crippen molar-refractivity contribution >= 4 is 34.1 Å². The van der Waals surface area contributed by atoms with Crippen molar-refractivity contribution in [2.75, 3.05) is 0 Å². The van der Waals surface area contributed by atoms with Crippen LogP contribution in [0.4, 0.5) is 0 Å². The molecule has 1 aromatic heterocycles. The fourth-order valence-electron chi connectivity index (χ4n) is 1.35. The molecule has 0 saturated carbocycles. The van der Waals surface area contributed by atoms with E-state index in [9.17, 15) is 0 Å². The third kappa shape index (κ3) is 1.10. The van der Waals surface area contributed by atoms with Gasteiger partial charge in [0.05, 0.1) is 10.5 Å². The van der Waals surface area contributed by atoms with Crippen molar-refractivity contribution < 1.29 is 0 Å². The van der Waals surface area contributed by atoms with E-state index in [0.29, 0.717) is 10.0 Å². The van der Waals surface area contributed by atoms with Gasteiger partial charge in [0.2, 0.25) is 0 Å². The summed E-state index contributed by atoms with van der Waals surface area (Å²) in [6.45, 7) is 0. The van der Waals surface area contributed by atoms with Crippen molar-refractivity contribution in [3.8, 4) is 0 Å². The van der Waals surface area contributed by atoms with Gasteiger partial charge in [-0.2, -0.15) is 0 Å². The first-order valence-corrected chi connectivity index (χ1v) is 4.34. The number of aromatic nitrogens is 1. The fourth-order valence-corrected chi connectivity index (χ4v) is 1.99. The van der Waals surface area contributed by atoms with Gasteiger partial charge in [-0.3, -0.25) is 0 Å². The number of fused-ring (bicyclic) bond motifs is 1. The molecule has 0 unspecified atom stereocenters. The minimum atomic E-state index is 0.679. The Morgan fingerprint density at radius 3 is 2.75 bits per heavy atom. The average Bonchev–Trinajstić information content (AvgIpc) is 2.31. The lowest BCUT2D eigenvalue weighted by Gasteiger charge is -1.99. The SMILES string of the molecule is Cn1ccc2cc(Cl)cc(Cl)c21. The number of nitrogens with zero attached hydrogens (tertiary/aromatic N) is 1. The number of hydrogen-bond acceptors (Lipinski definition) is 0. The summed E-state index contributed by atoms with van der Waals surface area (Å²) in [7, 11) is 1.96. The van der Waals surface area contributed by atoms with Gasteiger partial charge in [-0.25, -0.2) is 0 Å². The van der Waals surface area contributed by atoms with E-state index in [1.807, 2.05) is 29.9 Å². The van der Waals surface area contributed by atoms with Crippen LogP contribution in [-0.4, -0.2) is 4.57 Å². The summed E-state index contributed by atoms with van der Waals surface area (Å²) in [6.07, 6.45) is 1.97. The van der Waals surface area contributed by atoms with Crippen LogP contribution in [0.2, 0.25) is 10.0 Å². The summed E-state index contributed by atoms with van der Waals surface area (Å²) in [6, 6.07) is 5.65. The average molecular weight is 200 g/mol. The van der Waals surface area contributed by atoms with Crippen molar-refractivity contribution in [2.24, 2.45) is 7.05 Å². The molecule has 0 aliphatic rings. The first kappa shape index (κ1) is 7.96. The molecule has 0 amide bonds. The minimum absolute atomic E-state index is 0.679. The van der Waals surface area contributed by atoms with E-state index in [1.54, 1.807) is 6.07 Å². The summed E-state index contributed by atoms with van der Waals surface area (Å²) in [4.78, 5) is 0. The summed E-state index contributed by atoms with van der Waals surface area (Å²) >= 11 is 11.8. The molecule has 0 atom stereocenters. The lowest BCUT2D eigenvalue weighted by Crippen LogP contribution is -1.84. The van der Waals surface area contributed by atoms with Gasteiger partial charge in [0, 0.05) is 23.7 Å². The molecule has 12 heavy (non-hydrogen) atoms. The molecule has 3 heteroatoms. The van der Waals surface area contributed by atoms with Crippen LogP contribution in [0.25, 0.3) is 10.9 Å². The molecule has 0 aliphatic heterocycles. The van der Waals surface area contributed by atoms with Crippen LogP contribution in [0.5, 0.6) is 0 Å². The molecule has 0 fully saturated rings. The van der Waals surface area contributed by atoms with Gasteiger partial charge in [0.25, 0.3) is 0 Å². The molecule has 0 bridgehead atoms. The maximum Gasteiger partial charge on any atom is 0.0668 e. The Bertz CT molecular complexity index is 431. The summed E-state index contributed by atoms with van der Waals surface area (Å²) in [5.74, 6) is 0. The highest BCUT2D eigenvalue weighted by molar-refractivity contribution is 6.38. The summed E-state index contributed by atoms with van der Waals surface area (Å²) < 4.78 is 1.98. The number of halogens is 2. The van der Waals surface area contributed by atoms with E-state index in [-0.39, 0.29) is 0 Å². The lowest BCUT2D eigenvalue weighted by molar-refractivity contribution is 0.969. The van der Waals surface area contributed by atoms with Crippen LogP contribution < -0.4 is 0 Å². The molecule has 1 nitrogen and oxygen atoms in total. The first-order chi connectivity index (χ1) is 5.68. The number of benzene rings is 1. The highest BCUT2D eigenvalue weighted by atomic mass is 35.5. The van der Waals surface area contributed by atoms with Crippen LogP contribution >= 0.6 is 23.2 Å². The molecule has 0 aliphatic carbocycles. The van der Waals surface area contributed by atoms with E-state index in [2.05, 4.69) is 0 Å². The molecular weight excluding hydrogens is 193 g/mol. The first-order valence-electron chi connectivity index (χ1n) is 3.58. The highest BCUT2D eigenvalue weighted by Crippen LogP contribution is 2.27. The molecule has 2 rings (SSSR count). The van der Waals surface area contributed by atoms with Gasteiger partial charge in [-0.05, 0) is 18.2 Å². The van der Waals surface area contributed by atoms with Crippen LogP contribution in [-0.2, 0) is 7.05 Å². The van der Waals surface area contributed by atoms with Gasteiger partial charge < -0.3 is 4.57 Å². The topological polar surface area (TPSA) is 4.93 Å². The Labute approximate surface area is 80.5 Å². The maximum absolute atomic E-state index is 6.00. The fraction of sp³-hybridized carbons (Fsp3) is 0.111. The van der Waals surface area contributed by atoms with E-state index in [0.717, 1.165) is 10.9 Å². The van der Waals surface area contributed by atoms with E-state index in [1.165, 1.54) is 0 Å². The zero-order valence-electron chi connectivity index (χ0n) is 6.51. The van der Waals surface area contributed by atoms with Crippen LogP contribution in [0.15, 0.2) is 24.4 Å². The van der Waals surface area contributed by atoms with Gasteiger partial charge >= 0.3 is 0 Å². The van der Waals surface area contributed by atoms with Crippen molar-refractivity contribution in [3.05, 3.63) is 34.4 Å². The van der Waals surface area contributed by atoms with Crippen LogP contribution in [0.3, 0.4) is 0 Å². The Balaban J connectivity index is 2.93. The molecule has 0 spiro atoms. The zero-order valence-corrected chi connectivity index (χ0v) is 8.02. The normalized spacial score (nSPS) is 10.9. The van der Waals surface area contributed by atoms with E-state index >= 15 is 0 Å². The Morgan fingerprint density at radius 1 is 1.25 bits per heavy atom. The standard InChI is InChI=1S/C9H7Cl2N/c1-12-3-2-6-4-7(10)5-8(11)9(6)12/h2-5H,1H3. The van der Waals surface area contributed by atoms with Gasteiger partial charge in [-0.1, -0.05) is 23.2 Å². The maximum atomic E-state index is 6.00. The summed E-state index contributed by atoms with van der Waals surface area (Å²) in [5, 5.41) is 2.46. The Hall–Kier alpha value is -0.660. The van der Waals surface area contributed by atoms with Gasteiger partial charge in [-0.15, -0.1) is 0 Å². The second-order valence-corrected chi connectivity index (χ2v) is 3.60. The molecular formula is C9H7Cl2N. The second kappa shape index (κ2) is 2.68. The molecule has 0 N–H and O–H groups in total. The molecule has 2 aromatic rings. The molecule has 0 radical (unpaired) electrons. The lowest BCUT2D eigenvalue weighted by atomic mass is 10.2. The predicted molar refractivity (Wildman–Crippen MR) is 52.9 cm³/mol. The van der Waals surface area contributed by atoms with Crippen molar-refractivity contribution in [1.82, 2.24) is 4.57 Å². The number of hydrogen-bond donors (Lipinski definition) is 0. The quantitative estimate of drug-likeness (QED) is 0.613. The molecule has 1 aromatic carbocycles. The van der Waals surface area contributed by atoms with Crippen LogP contribution in [0.1, 0.15) is 0 Å². The smallest absolute Gasteiger partial charge is 0.0668 e. The van der Waals surface area contributed by atoms with Gasteiger partial charge in [0.1, 0.15) is 0 Å². The van der Waals surface area contributed by atoms with E-state index in [4.69, 9.17) is 23.2 Å². The third-order valence-corrected chi connectivity index (χ3v) is 2.39. The minimum Gasteiger partial charge on any atom is -0.349 e. The van der Waals surface area contributed by atoms with Crippen molar-refractivity contribution in [3.63, 3.8) is 0 Å². The zero-order chi connectivity index (χ0) is 8.72. The Morgan fingerprint density at radius 2 is 2.00 bits per heavy atom. The molecule has 0 saturated heterocycles. The number of rotatable bonds is 0. The van der Waals surface area contributed by atoms with Gasteiger partial charge in [0.15, 0.2) is 0 Å². The Kier molecular flexibility index (Phi) is 1.78. The largest absolute Gasteiger partial charge is 0.349 e. The van der Waals surface area contributed by atoms with Crippen LogP contribution in [0, 0.1) is 0 Å². The molecule has 1 heterocycles. The van der Waals surface area contributed by atoms with E-state index < -0.39 is 0 Å². The van der Waals surface area contributed by atoms with Crippen molar-refractivity contribution in [1.29, 1.82) is 0 Å². The summed E-state index contributed by atoms with van der Waals surface area (Å²) in [5.41, 5.74) is 1.03. The number of aryl methyl sites for hydroxylation is 1. The molecule has 62 valence electrons. The predicted octanol–water partition coefficient (Wildman–Crippen LogP) is 3.49. The third-order valence-electron chi connectivity index (χ3n) is 1.89.